The Morgan fingerprint density at radius 3 is 2.44 bits per heavy atom. The minimum atomic E-state index is 0.944. The molecule has 1 aliphatic rings. The first kappa shape index (κ1) is 7.36. The average molecular weight is 148 g/mol. The summed E-state index contributed by atoms with van der Waals surface area (Å²) >= 11 is 5.77. The normalized spacial score (nSPS) is 24.7. The molecule has 9 heavy (non-hydrogen) atoms. The summed E-state index contributed by atoms with van der Waals surface area (Å²) in [7, 11) is 0. The van der Waals surface area contributed by atoms with Crippen LogP contribution in [0.5, 0.6) is 0 Å². The molecule has 0 N–H and O–H groups in total. The van der Waals surface area contributed by atoms with E-state index in [0.29, 0.717) is 0 Å². The molecule has 0 spiro atoms. The van der Waals surface area contributed by atoms with Crippen LogP contribution in [0.1, 0.15) is 26.2 Å². The van der Waals surface area contributed by atoms with E-state index in [9.17, 15) is 0 Å². The Kier molecular flexibility index (Phi) is 2.80. The van der Waals surface area contributed by atoms with Gasteiger partial charge in [0.2, 0.25) is 0 Å². The third-order valence-corrected chi connectivity index (χ3v) is 2.48. The van der Waals surface area contributed by atoms with Crippen LogP contribution in [-0.4, -0.2) is 17.5 Å². The Bertz CT molecular complexity index is 77.0. The van der Waals surface area contributed by atoms with E-state index in [4.69, 9.17) is 11.8 Å². The molecule has 0 saturated carbocycles. The Labute approximate surface area is 62.1 Å². The van der Waals surface area contributed by atoms with Crippen LogP contribution in [0.3, 0.4) is 0 Å². The lowest BCUT2D eigenvalue weighted by atomic mass is 9.96. The summed E-state index contributed by atoms with van der Waals surface area (Å²) in [5.41, 5.74) is 0. The predicted molar refractivity (Wildman–Crippen MR) is 40.4 cm³/mol. The highest BCUT2D eigenvalue weighted by molar-refractivity contribution is 6.13. The Morgan fingerprint density at radius 2 is 2.00 bits per heavy atom. The van der Waals surface area contributed by atoms with E-state index >= 15 is 0 Å². The number of hydrogen-bond donors (Lipinski definition) is 0. The van der Waals surface area contributed by atoms with Crippen LogP contribution in [0.2, 0.25) is 0 Å². The highest BCUT2D eigenvalue weighted by Crippen LogP contribution is 2.20. The zero-order valence-electron chi connectivity index (χ0n) is 5.94. The van der Waals surface area contributed by atoms with Gasteiger partial charge < -0.3 is 0 Å². The molecule has 1 rings (SSSR count). The third-order valence-electron chi connectivity index (χ3n) is 2.14. The van der Waals surface area contributed by atoms with E-state index in [1.165, 1.54) is 19.3 Å². The largest absolute Gasteiger partial charge is 0.220 e. The van der Waals surface area contributed by atoms with Crippen molar-refractivity contribution in [2.24, 2.45) is 5.92 Å². The molecule has 1 heterocycles. The molecule has 1 fully saturated rings. The molecule has 0 radical (unpaired) electrons. The molecular formula is C7H14ClN. The van der Waals surface area contributed by atoms with Crippen LogP contribution in [0, 0.1) is 5.92 Å². The van der Waals surface area contributed by atoms with E-state index in [1.807, 2.05) is 4.42 Å². The minimum Gasteiger partial charge on any atom is -0.220 e. The molecule has 0 unspecified atom stereocenters. The first-order chi connectivity index (χ1) is 4.33. The molecule has 0 bridgehead atoms. The van der Waals surface area contributed by atoms with Gasteiger partial charge in [-0.2, -0.15) is 0 Å². The smallest absolute Gasteiger partial charge is 0.0141 e. The van der Waals surface area contributed by atoms with Crippen LogP contribution >= 0.6 is 11.8 Å². The Balaban J connectivity index is 2.18. The minimum absolute atomic E-state index is 0.944. The van der Waals surface area contributed by atoms with Crippen molar-refractivity contribution >= 4 is 11.8 Å². The maximum Gasteiger partial charge on any atom is 0.0141 e. The van der Waals surface area contributed by atoms with E-state index in [1.54, 1.807) is 0 Å². The molecule has 1 saturated heterocycles. The Hall–Kier alpha value is 0.250. The van der Waals surface area contributed by atoms with Crippen molar-refractivity contribution < 1.29 is 0 Å². The fourth-order valence-corrected chi connectivity index (χ4v) is 1.50. The van der Waals surface area contributed by atoms with Gasteiger partial charge in [0, 0.05) is 13.1 Å². The van der Waals surface area contributed by atoms with Crippen molar-refractivity contribution in [3.63, 3.8) is 0 Å². The summed E-state index contributed by atoms with van der Waals surface area (Å²) in [6.07, 6.45) is 3.91. The molecule has 0 atom stereocenters. The average Bonchev–Trinajstić information content (AvgIpc) is 1.90. The molecule has 0 aromatic carbocycles. The molecule has 2 heteroatoms. The van der Waals surface area contributed by atoms with Crippen LogP contribution < -0.4 is 0 Å². The first-order valence-electron chi connectivity index (χ1n) is 3.73. The van der Waals surface area contributed by atoms with Crippen molar-refractivity contribution in [2.45, 2.75) is 26.2 Å². The van der Waals surface area contributed by atoms with Crippen LogP contribution in [-0.2, 0) is 0 Å². The van der Waals surface area contributed by atoms with Crippen LogP contribution in [0.25, 0.3) is 0 Å². The standard InChI is InChI=1S/C7H14ClN/c1-2-7-3-5-9(8)6-4-7/h7H,2-6H2,1H3. The van der Waals surface area contributed by atoms with Crippen LogP contribution in [0.15, 0.2) is 0 Å². The van der Waals surface area contributed by atoms with E-state index < -0.39 is 0 Å². The molecule has 54 valence electrons. The molecule has 1 nitrogen and oxygen atoms in total. The lowest BCUT2D eigenvalue weighted by Crippen LogP contribution is -2.25. The first-order valence-corrected chi connectivity index (χ1v) is 4.07. The maximum absolute atomic E-state index is 5.77. The highest BCUT2D eigenvalue weighted by Gasteiger charge is 2.15. The zero-order chi connectivity index (χ0) is 6.69. The molecule has 0 amide bonds. The molecule has 0 aliphatic carbocycles. The fourth-order valence-electron chi connectivity index (χ4n) is 1.31. The highest BCUT2D eigenvalue weighted by atomic mass is 35.5. The topological polar surface area (TPSA) is 3.24 Å². The quantitative estimate of drug-likeness (QED) is 0.515. The summed E-state index contributed by atoms with van der Waals surface area (Å²) in [5, 5.41) is 0. The molecule has 0 aromatic heterocycles. The lowest BCUT2D eigenvalue weighted by Gasteiger charge is -2.25. The lowest BCUT2D eigenvalue weighted by molar-refractivity contribution is 0.278. The van der Waals surface area contributed by atoms with Gasteiger partial charge in [0.25, 0.3) is 0 Å². The van der Waals surface area contributed by atoms with Crippen molar-refractivity contribution in [1.82, 2.24) is 4.42 Å². The maximum atomic E-state index is 5.77. The SMILES string of the molecule is CCC1CCN(Cl)CC1. The zero-order valence-corrected chi connectivity index (χ0v) is 6.69. The predicted octanol–water partition coefficient (Wildman–Crippen LogP) is 2.26. The van der Waals surface area contributed by atoms with E-state index in [-0.39, 0.29) is 0 Å². The van der Waals surface area contributed by atoms with Crippen LogP contribution in [0.4, 0.5) is 0 Å². The van der Waals surface area contributed by atoms with E-state index in [2.05, 4.69) is 6.92 Å². The number of nitrogens with zero attached hydrogens (tertiary/aromatic N) is 1. The number of halogens is 1. The summed E-state index contributed by atoms with van der Waals surface area (Å²) in [4.78, 5) is 0. The van der Waals surface area contributed by atoms with Gasteiger partial charge in [-0.1, -0.05) is 13.3 Å². The fraction of sp³-hybridized carbons (Fsp3) is 1.00. The van der Waals surface area contributed by atoms with Gasteiger partial charge in [0.15, 0.2) is 0 Å². The number of rotatable bonds is 1. The van der Waals surface area contributed by atoms with Gasteiger partial charge in [-0.05, 0) is 30.5 Å². The van der Waals surface area contributed by atoms with Gasteiger partial charge in [-0.3, -0.25) is 0 Å². The molecule has 1 aliphatic heterocycles. The van der Waals surface area contributed by atoms with Gasteiger partial charge in [0.1, 0.15) is 0 Å². The second-order valence-corrected chi connectivity index (χ2v) is 3.24. The van der Waals surface area contributed by atoms with Gasteiger partial charge in [-0.25, -0.2) is 4.42 Å². The van der Waals surface area contributed by atoms with E-state index in [0.717, 1.165) is 19.0 Å². The Morgan fingerprint density at radius 1 is 1.44 bits per heavy atom. The molecular weight excluding hydrogens is 134 g/mol. The van der Waals surface area contributed by atoms with Crippen molar-refractivity contribution in [3.8, 4) is 0 Å². The second-order valence-electron chi connectivity index (χ2n) is 2.76. The summed E-state index contributed by atoms with van der Waals surface area (Å²) in [5.74, 6) is 0.944. The van der Waals surface area contributed by atoms with Gasteiger partial charge in [-0.15, -0.1) is 0 Å². The van der Waals surface area contributed by atoms with Gasteiger partial charge in [0.05, 0.1) is 0 Å². The monoisotopic (exact) mass is 147 g/mol. The second kappa shape index (κ2) is 3.43. The number of piperidine rings is 1. The van der Waals surface area contributed by atoms with Crippen molar-refractivity contribution in [3.05, 3.63) is 0 Å². The third kappa shape index (κ3) is 2.15. The summed E-state index contributed by atoms with van der Waals surface area (Å²) in [6.45, 7) is 4.43. The van der Waals surface area contributed by atoms with Crippen molar-refractivity contribution in [2.75, 3.05) is 13.1 Å². The summed E-state index contributed by atoms with van der Waals surface area (Å²) < 4.78 is 1.90. The van der Waals surface area contributed by atoms with Gasteiger partial charge >= 0.3 is 0 Å². The summed E-state index contributed by atoms with van der Waals surface area (Å²) in [6, 6.07) is 0. The molecule has 0 aromatic rings. The number of hydrogen-bond acceptors (Lipinski definition) is 1. The van der Waals surface area contributed by atoms with Crippen molar-refractivity contribution in [1.29, 1.82) is 0 Å².